The van der Waals surface area contributed by atoms with Crippen molar-refractivity contribution in [3.63, 3.8) is 0 Å². The van der Waals surface area contributed by atoms with Gasteiger partial charge in [0.2, 0.25) is 0 Å². The fourth-order valence-corrected chi connectivity index (χ4v) is 4.51. The largest absolute Gasteiger partial charge is 0.462 e. The highest BCUT2D eigenvalue weighted by molar-refractivity contribution is 7.80. The summed E-state index contributed by atoms with van der Waals surface area (Å²) in [4.78, 5) is 13.5. The van der Waals surface area contributed by atoms with E-state index in [0.29, 0.717) is 22.3 Å². The summed E-state index contributed by atoms with van der Waals surface area (Å²) in [6.07, 6.45) is 0. The molecule has 3 aromatic carbocycles. The molecule has 0 bridgehead atoms. The number of thiocarbonyl (C=S) groups is 1. The molecule has 2 N–H and O–H groups in total. The summed E-state index contributed by atoms with van der Waals surface area (Å²) in [6, 6.07) is 25.9. The molecule has 0 amide bonds. The molecular formula is C24H20N2O2S2. The molecular weight excluding hydrogens is 412 g/mol. The topological polar surface area (TPSA) is 50.4 Å². The first-order valence-corrected chi connectivity index (χ1v) is 10.8. The number of fused-ring (bicyclic) bond motifs is 1. The number of thiophene rings is 1. The van der Waals surface area contributed by atoms with E-state index in [1.165, 1.54) is 11.3 Å². The van der Waals surface area contributed by atoms with Crippen molar-refractivity contribution < 1.29 is 9.53 Å². The number of esters is 1. The van der Waals surface area contributed by atoms with Gasteiger partial charge in [0, 0.05) is 16.0 Å². The van der Waals surface area contributed by atoms with Crippen LogP contribution in [0.3, 0.4) is 0 Å². The number of benzene rings is 3. The zero-order valence-electron chi connectivity index (χ0n) is 16.3. The summed E-state index contributed by atoms with van der Waals surface area (Å²) in [5, 5.41) is 9.72. The van der Waals surface area contributed by atoms with Crippen LogP contribution in [0.1, 0.15) is 17.3 Å². The number of hydrogen-bond donors (Lipinski definition) is 2. The number of ether oxygens (including phenoxy) is 1. The van der Waals surface area contributed by atoms with Crippen molar-refractivity contribution >= 4 is 56.1 Å². The summed E-state index contributed by atoms with van der Waals surface area (Å²) in [5.41, 5.74) is 2.42. The molecule has 0 unspecified atom stereocenters. The van der Waals surface area contributed by atoms with E-state index < -0.39 is 0 Å². The van der Waals surface area contributed by atoms with Gasteiger partial charge in [-0.05, 0) is 42.2 Å². The molecule has 0 radical (unpaired) electrons. The lowest BCUT2D eigenvalue weighted by atomic mass is 10.1. The Bertz CT molecular complexity index is 1200. The molecule has 0 atom stereocenters. The second-order valence-corrected chi connectivity index (χ2v) is 8.01. The number of rotatable bonds is 5. The van der Waals surface area contributed by atoms with E-state index in [9.17, 15) is 4.79 Å². The molecule has 0 aliphatic rings. The van der Waals surface area contributed by atoms with Crippen molar-refractivity contribution in [3.05, 3.63) is 84.4 Å². The Kier molecular flexibility index (Phi) is 6.07. The average molecular weight is 433 g/mol. The van der Waals surface area contributed by atoms with Gasteiger partial charge >= 0.3 is 5.97 Å². The molecule has 30 heavy (non-hydrogen) atoms. The van der Waals surface area contributed by atoms with Crippen LogP contribution in [0.5, 0.6) is 0 Å². The molecule has 0 saturated heterocycles. The molecule has 1 aromatic heterocycles. The predicted octanol–water partition coefficient (Wildman–Crippen LogP) is 6.55. The predicted molar refractivity (Wildman–Crippen MR) is 130 cm³/mol. The number of carbonyl (C=O) groups excluding carboxylic acids is 1. The Labute approximate surface area is 184 Å². The van der Waals surface area contributed by atoms with Crippen LogP contribution < -0.4 is 10.6 Å². The van der Waals surface area contributed by atoms with Gasteiger partial charge in [0.15, 0.2) is 5.11 Å². The summed E-state index contributed by atoms with van der Waals surface area (Å²) in [7, 11) is 0. The van der Waals surface area contributed by atoms with Crippen LogP contribution in [0, 0.1) is 0 Å². The molecule has 0 spiro atoms. The highest BCUT2D eigenvalue weighted by atomic mass is 32.1. The van der Waals surface area contributed by atoms with E-state index in [4.69, 9.17) is 17.0 Å². The summed E-state index contributed by atoms with van der Waals surface area (Å²) in [6.45, 7) is 2.11. The Morgan fingerprint density at radius 2 is 1.70 bits per heavy atom. The van der Waals surface area contributed by atoms with Gasteiger partial charge in [0.05, 0.1) is 12.2 Å². The summed E-state index contributed by atoms with van der Waals surface area (Å²) >= 11 is 7.02. The van der Waals surface area contributed by atoms with Gasteiger partial charge in [0.25, 0.3) is 0 Å². The van der Waals surface area contributed by atoms with Crippen LogP contribution in [0.2, 0.25) is 0 Å². The first kappa shape index (κ1) is 20.1. The van der Waals surface area contributed by atoms with Gasteiger partial charge in [-0.2, -0.15) is 0 Å². The Morgan fingerprint density at radius 1 is 0.967 bits per heavy atom. The highest BCUT2D eigenvalue weighted by Gasteiger charge is 2.19. The van der Waals surface area contributed by atoms with Gasteiger partial charge in [-0.15, -0.1) is 11.3 Å². The normalized spacial score (nSPS) is 10.6. The maximum Gasteiger partial charge on any atom is 0.341 e. The third-order valence-electron chi connectivity index (χ3n) is 4.55. The monoisotopic (exact) mass is 432 g/mol. The maximum absolute atomic E-state index is 12.5. The van der Waals surface area contributed by atoms with Crippen molar-refractivity contribution in [2.45, 2.75) is 6.92 Å². The SMILES string of the molecule is CCOC(=O)c1cc(-c2ccccc2)sc1NC(=S)Nc1cccc2ccccc12. The van der Waals surface area contributed by atoms with Crippen molar-refractivity contribution in [3.8, 4) is 10.4 Å². The molecule has 4 rings (SSSR count). The zero-order chi connectivity index (χ0) is 20.9. The number of hydrogen-bond acceptors (Lipinski definition) is 4. The first-order chi connectivity index (χ1) is 14.7. The van der Waals surface area contributed by atoms with Crippen LogP contribution in [-0.4, -0.2) is 17.7 Å². The smallest absolute Gasteiger partial charge is 0.341 e. The molecule has 150 valence electrons. The fraction of sp³-hybridized carbons (Fsp3) is 0.0833. The Hall–Kier alpha value is -3.22. The molecule has 0 aliphatic carbocycles. The molecule has 1 heterocycles. The van der Waals surface area contributed by atoms with E-state index in [2.05, 4.69) is 22.8 Å². The minimum absolute atomic E-state index is 0.313. The van der Waals surface area contributed by atoms with Crippen molar-refractivity contribution in [1.82, 2.24) is 0 Å². The molecule has 6 heteroatoms. The van der Waals surface area contributed by atoms with Crippen LogP contribution in [0.15, 0.2) is 78.9 Å². The lowest BCUT2D eigenvalue weighted by Crippen LogP contribution is -2.20. The third-order valence-corrected chi connectivity index (χ3v) is 5.85. The lowest BCUT2D eigenvalue weighted by molar-refractivity contribution is 0.0528. The standard InChI is InChI=1S/C24H20N2O2S2/c1-2-28-23(27)19-15-21(17-10-4-3-5-11-17)30-22(19)26-24(29)25-20-14-8-12-16-9-6-7-13-18(16)20/h3-15H,2H2,1H3,(H2,25,26,29). The average Bonchev–Trinajstić information content (AvgIpc) is 3.18. The van der Waals surface area contributed by atoms with E-state index in [-0.39, 0.29) is 5.97 Å². The van der Waals surface area contributed by atoms with E-state index in [1.807, 2.05) is 66.7 Å². The summed E-state index contributed by atoms with van der Waals surface area (Å²) in [5.74, 6) is -0.369. The van der Waals surface area contributed by atoms with Crippen LogP contribution in [-0.2, 0) is 4.74 Å². The molecule has 4 aromatic rings. The van der Waals surface area contributed by atoms with E-state index in [0.717, 1.165) is 26.9 Å². The van der Waals surface area contributed by atoms with Crippen molar-refractivity contribution in [1.29, 1.82) is 0 Å². The highest BCUT2D eigenvalue weighted by Crippen LogP contribution is 2.36. The molecule has 0 aliphatic heterocycles. The number of nitrogens with one attached hydrogen (secondary N) is 2. The Balaban J connectivity index is 1.61. The second kappa shape index (κ2) is 9.07. The third kappa shape index (κ3) is 4.35. The van der Waals surface area contributed by atoms with E-state index in [1.54, 1.807) is 6.92 Å². The van der Waals surface area contributed by atoms with Gasteiger partial charge in [-0.25, -0.2) is 4.79 Å². The van der Waals surface area contributed by atoms with Crippen LogP contribution >= 0.6 is 23.6 Å². The molecule has 0 saturated carbocycles. The van der Waals surface area contributed by atoms with Crippen molar-refractivity contribution in [2.75, 3.05) is 17.2 Å². The first-order valence-electron chi connectivity index (χ1n) is 9.58. The number of carbonyl (C=O) groups is 1. The molecule has 4 nitrogen and oxygen atoms in total. The number of anilines is 2. The Morgan fingerprint density at radius 3 is 2.50 bits per heavy atom. The second-order valence-electron chi connectivity index (χ2n) is 6.55. The quantitative estimate of drug-likeness (QED) is 0.276. The maximum atomic E-state index is 12.5. The van der Waals surface area contributed by atoms with Crippen molar-refractivity contribution in [2.24, 2.45) is 0 Å². The van der Waals surface area contributed by atoms with Gasteiger partial charge in [-0.3, -0.25) is 0 Å². The van der Waals surface area contributed by atoms with Crippen LogP contribution in [0.4, 0.5) is 10.7 Å². The van der Waals surface area contributed by atoms with Crippen LogP contribution in [0.25, 0.3) is 21.2 Å². The summed E-state index contributed by atoms with van der Waals surface area (Å²) < 4.78 is 5.24. The zero-order valence-corrected chi connectivity index (χ0v) is 18.0. The lowest BCUT2D eigenvalue weighted by Gasteiger charge is -2.12. The minimum Gasteiger partial charge on any atom is -0.462 e. The fourth-order valence-electron chi connectivity index (χ4n) is 3.18. The van der Waals surface area contributed by atoms with E-state index >= 15 is 0 Å². The van der Waals surface area contributed by atoms with Gasteiger partial charge in [0.1, 0.15) is 5.00 Å². The van der Waals surface area contributed by atoms with Gasteiger partial charge < -0.3 is 15.4 Å². The molecule has 0 fully saturated rings. The van der Waals surface area contributed by atoms with Gasteiger partial charge in [-0.1, -0.05) is 66.7 Å². The minimum atomic E-state index is -0.369.